The lowest BCUT2D eigenvalue weighted by atomic mass is 10.1. The topological polar surface area (TPSA) is 113 Å². The molecular weight excluding hydrogens is 677 g/mol. The minimum absolute atomic E-state index is 0. The zero-order valence-corrected chi connectivity index (χ0v) is 28.2. The van der Waals surface area contributed by atoms with E-state index in [1.807, 2.05) is 18.9 Å². The summed E-state index contributed by atoms with van der Waals surface area (Å²) in [5, 5.41) is 15.4. The molecular formula is C34H36Cl2F2N8O3. The van der Waals surface area contributed by atoms with E-state index in [1.54, 1.807) is 24.5 Å². The minimum atomic E-state index is -0.452. The van der Waals surface area contributed by atoms with E-state index < -0.39 is 22.5 Å². The first-order chi connectivity index (χ1) is 22.9. The minimum Gasteiger partial charge on any atom is -0.416 e. The summed E-state index contributed by atoms with van der Waals surface area (Å²) in [5.74, 6) is -1.01. The summed E-state index contributed by atoms with van der Waals surface area (Å²) in [6, 6.07) is 6.54. The van der Waals surface area contributed by atoms with Crippen molar-refractivity contribution >= 4 is 58.0 Å². The Balaban J connectivity index is 0.00000189. The lowest BCUT2D eigenvalue weighted by molar-refractivity contribution is 0.566. The fourth-order valence-electron chi connectivity index (χ4n) is 7.07. The van der Waals surface area contributed by atoms with Gasteiger partial charge in [0.05, 0.1) is 22.4 Å². The molecule has 258 valence electrons. The van der Waals surface area contributed by atoms with Crippen LogP contribution in [0.15, 0.2) is 50.7 Å². The molecule has 4 fully saturated rings. The molecule has 0 bridgehead atoms. The van der Waals surface area contributed by atoms with Crippen LogP contribution in [0.3, 0.4) is 0 Å². The number of rotatable bonds is 6. The summed E-state index contributed by atoms with van der Waals surface area (Å²) in [5.41, 5.74) is 1.75. The Kier molecular flexibility index (Phi) is 8.89. The summed E-state index contributed by atoms with van der Waals surface area (Å²) in [6.07, 6.45) is 7.20. The van der Waals surface area contributed by atoms with Gasteiger partial charge in [-0.1, -0.05) is 0 Å². The van der Waals surface area contributed by atoms with Gasteiger partial charge in [0.15, 0.2) is 0 Å². The Labute approximate surface area is 292 Å². The van der Waals surface area contributed by atoms with Crippen LogP contribution in [0.1, 0.15) is 37.8 Å². The number of fused-ring (bicyclic) bond motifs is 2. The molecule has 2 aliphatic heterocycles. The SMILES string of the molecule is Cl.Cl.O=c1c(-c2nnc(-c3cn(C4CC4)c4cc(N5CCNCC5)c(F)cc4c3=O)o2)cn(C2CC2)c2cc(N3CCNCC3)c(F)cc12. The number of halogens is 4. The predicted molar refractivity (Wildman–Crippen MR) is 190 cm³/mol. The van der Waals surface area contributed by atoms with Crippen molar-refractivity contribution < 1.29 is 13.2 Å². The molecule has 9 rings (SSSR count). The zero-order chi connectivity index (χ0) is 31.8. The average Bonchev–Trinajstić information content (AvgIpc) is 4.04. The van der Waals surface area contributed by atoms with Crippen molar-refractivity contribution in [3.63, 3.8) is 0 Å². The van der Waals surface area contributed by atoms with Crippen molar-refractivity contribution in [2.75, 3.05) is 62.2 Å². The second kappa shape index (κ2) is 13.0. The maximum Gasteiger partial charge on any atom is 0.253 e. The summed E-state index contributed by atoms with van der Waals surface area (Å²) < 4.78 is 41.1. The number of benzene rings is 2. The zero-order valence-electron chi connectivity index (χ0n) is 26.6. The lowest BCUT2D eigenvalue weighted by Crippen LogP contribution is -2.43. The summed E-state index contributed by atoms with van der Waals surface area (Å²) in [4.78, 5) is 31.7. The first-order valence-electron chi connectivity index (χ1n) is 16.5. The van der Waals surface area contributed by atoms with Crippen LogP contribution in [0.25, 0.3) is 44.7 Å². The summed E-state index contributed by atoms with van der Waals surface area (Å²) in [7, 11) is 0. The van der Waals surface area contributed by atoms with Crippen molar-refractivity contribution in [2.45, 2.75) is 37.8 Å². The van der Waals surface area contributed by atoms with Gasteiger partial charge in [-0.05, 0) is 49.9 Å². The van der Waals surface area contributed by atoms with Gasteiger partial charge in [-0.15, -0.1) is 35.0 Å². The molecule has 2 N–H and O–H groups in total. The fourth-order valence-corrected chi connectivity index (χ4v) is 7.07. The maximum absolute atomic E-state index is 15.5. The van der Waals surface area contributed by atoms with E-state index in [1.165, 1.54) is 12.1 Å². The molecule has 0 atom stereocenters. The number of hydrogen-bond acceptors (Lipinski definition) is 9. The molecule has 5 aromatic rings. The van der Waals surface area contributed by atoms with Crippen LogP contribution in [-0.4, -0.2) is 71.7 Å². The van der Waals surface area contributed by atoms with Gasteiger partial charge >= 0.3 is 0 Å². The van der Waals surface area contributed by atoms with Crippen molar-refractivity contribution in [2.24, 2.45) is 0 Å². The number of anilines is 2. The van der Waals surface area contributed by atoms with E-state index >= 15 is 8.78 Å². The normalized spacial score (nSPS) is 18.1. The first kappa shape index (κ1) is 33.5. The molecule has 0 unspecified atom stereocenters. The van der Waals surface area contributed by atoms with E-state index in [-0.39, 0.29) is 70.6 Å². The number of nitrogens with zero attached hydrogens (tertiary/aromatic N) is 6. The van der Waals surface area contributed by atoms with Crippen LogP contribution in [-0.2, 0) is 0 Å². The quantitative estimate of drug-likeness (QED) is 0.260. The predicted octanol–water partition coefficient (Wildman–Crippen LogP) is 4.64. The molecule has 49 heavy (non-hydrogen) atoms. The molecule has 2 aliphatic carbocycles. The van der Waals surface area contributed by atoms with Crippen molar-refractivity contribution in [3.05, 3.63) is 68.7 Å². The van der Waals surface area contributed by atoms with Gasteiger partial charge in [0, 0.05) is 87.6 Å². The van der Waals surface area contributed by atoms with Gasteiger partial charge in [-0.3, -0.25) is 9.59 Å². The fraction of sp³-hybridized carbons (Fsp3) is 0.412. The van der Waals surface area contributed by atoms with Crippen LogP contribution < -0.4 is 31.3 Å². The van der Waals surface area contributed by atoms with Gasteiger partial charge in [0.25, 0.3) is 11.8 Å². The first-order valence-corrected chi connectivity index (χ1v) is 16.5. The second-order valence-corrected chi connectivity index (χ2v) is 13.0. The number of hydrogen-bond donors (Lipinski definition) is 2. The smallest absolute Gasteiger partial charge is 0.253 e. The van der Waals surface area contributed by atoms with Gasteiger partial charge in [-0.2, -0.15) is 0 Å². The summed E-state index contributed by atoms with van der Waals surface area (Å²) >= 11 is 0. The molecule has 11 nitrogen and oxygen atoms in total. The van der Waals surface area contributed by atoms with Crippen molar-refractivity contribution in [1.29, 1.82) is 0 Å². The number of nitrogens with one attached hydrogen (secondary N) is 2. The number of aromatic nitrogens is 4. The van der Waals surface area contributed by atoms with Gasteiger partial charge in [-0.25, -0.2) is 8.78 Å². The highest BCUT2D eigenvalue weighted by Gasteiger charge is 2.31. The molecule has 15 heteroatoms. The van der Waals surface area contributed by atoms with Crippen LogP contribution >= 0.6 is 24.8 Å². The average molecular weight is 714 g/mol. The van der Waals surface area contributed by atoms with Gasteiger partial charge in [0.1, 0.15) is 22.8 Å². The van der Waals surface area contributed by atoms with Crippen LogP contribution in [0.2, 0.25) is 0 Å². The third-order valence-corrected chi connectivity index (χ3v) is 9.88. The van der Waals surface area contributed by atoms with Gasteiger partial charge in [0.2, 0.25) is 10.9 Å². The van der Waals surface area contributed by atoms with E-state index in [0.29, 0.717) is 48.6 Å². The molecule has 2 aromatic carbocycles. The molecule has 2 saturated heterocycles. The van der Waals surface area contributed by atoms with E-state index in [9.17, 15) is 9.59 Å². The van der Waals surface area contributed by atoms with Crippen LogP contribution in [0.4, 0.5) is 20.2 Å². The highest BCUT2D eigenvalue weighted by molar-refractivity contribution is 5.88. The molecule has 2 saturated carbocycles. The van der Waals surface area contributed by atoms with E-state index in [0.717, 1.165) is 51.9 Å². The third kappa shape index (κ3) is 5.86. The molecule has 0 spiro atoms. The van der Waals surface area contributed by atoms with Gasteiger partial charge < -0.3 is 34.0 Å². The Hall–Kier alpha value is -4.04. The standard InChI is InChI=1S/C34H34F2N8O3.2ClH/c35-25-13-21-27(15-29(25)41-9-5-37-6-10-41)43(19-1-2-19)17-23(31(21)45)33-39-40-34(47-33)24-18-44(20-3-4-20)28-16-30(42-11-7-38-8-12-42)26(36)14-22(28)32(24)46;;/h13-20,37-38H,1-12H2;2*1H. The van der Waals surface area contributed by atoms with E-state index in [2.05, 4.69) is 20.8 Å². The Bertz CT molecular complexity index is 2030. The largest absolute Gasteiger partial charge is 0.416 e. The molecule has 5 heterocycles. The van der Waals surface area contributed by atoms with Crippen molar-refractivity contribution in [3.8, 4) is 22.9 Å². The maximum atomic E-state index is 15.5. The number of piperazine rings is 2. The molecule has 0 radical (unpaired) electrons. The second-order valence-electron chi connectivity index (χ2n) is 13.0. The Morgan fingerprint density at radius 3 is 1.39 bits per heavy atom. The number of pyridine rings is 2. The Morgan fingerprint density at radius 2 is 1.02 bits per heavy atom. The summed E-state index contributed by atoms with van der Waals surface area (Å²) in [6.45, 7) is 5.78. The Morgan fingerprint density at radius 1 is 0.633 bits per heavy atom. The highest BCUT2D eigenvalue weighted by atomic mass is 35.5. The molecule has 0 amide bonds. The lowest BCUT2D eigenvalue weighted by Gasteiger charge is -2.30. The molecule has 4 aliphatic rings. The van der Waals surface area contributed by atoms with E-state index in [4.69, 9.17) is 4.42 Å². The van der Waals surface area contributed by atoms with Crippen LogP contribution in [0, 0.1) is 11.6 Å². The van der Waals surface area contributed by atoms with Crippen molar-refractivity contribution in [1.82, 2.24) is 30.0 Å². The molecule has 3 aromatic heterocycles. The van der Waals surface area contributed by atoms with Crippen LogP contribution in [0.5, 0.6) is 0 Å². The highest BCUT2D eigenvalue weighted by Crippen LogP contribution is 2.41. The monoisotopic (exact) mass is 712 g/mol. The third-order valence-electron chi connectivity index (χ3n) is 9.88.